The second-order valence-corrected chi connectivity index (χ2v) is 7.13. The van der Waals surface area contributed by atoms with Crippen molar-refractivity contribution in [3.8, 4) is 6.07 Å². The largest absolute Gasteiger partial charge is 0.480 e. The van der Waals surface area contributed by atoms with Crippen LogP contribution >= 0.6 is 11.3 Å². The van der Waals surface area contributed by atoms with Gasteiger partial charge in [0.25, 0.3) is 10.0 Å². The van der Waals surface area contributed by atoms with Gasteiger partial charge in [-0.15, -0.1) is 11.3 Å². The van der Waals surface area contributed by atoms with Gasteiger partial charge in [0, 0.05) is 6.04 Å². The molecule has 0 aliphatic heterocycles. The fourth-order valence-corrected chi connectivity index (χ4v) is 4.34. The van der Waals surface area contributed by atoms with E-state index >= 15 is 0 Å². The predicted octanol–water partition coefficient (Wildman–Crippen LogP) is 1.49. The number of carboxylic acid groups (broad SMARTS) is 1. The summed E-state index contributed by atoms with van der Waals surface area (Å²) in [4.78, 5) is 11.1. The van der Waals surface area contributed by atoms with E-state index in [9.17, 15) is 13.2 Å². The molecule has 0 aromatic carbocycles. The molecule has 0 saturated heterocycles. The average molecular weight is 302 g/mol. The Morgan fingerprint density at radius 3 is 2.63 bits per heavy atom. The topological polar surface area (TPSA) is 98.5 Å². The zero-order valence-corrected chi connectivity index (χ0v) is 12.2. The van der Waals surface area contributed by atoms with Gasteiger partial charge in [-0.1, -0.05) is 6.92 Å². The van der Waals surface area contributed by atoms with Crippen LogP contribution in [0.15, 0.2) is 16.3 Å². The molecule has 0 spiro atoms. The van der Waals surface area contributed by atoms with Gasteiger partial charge >= 0.3 is 5.97 Å². The summed E-state index contributed by atoms with van der Waals surface area (Å²) in [5.41, 5.74) is 0. The lowest BCUT2D eigenvalue weighted by molar-refractivity contribution is -0.137. The number of hydrogen-bond donors (Lipinski definition) is 1. The number of sulfonamides is 1. The van der Waals surface area contributed by atoms with Gasteiger partial charge in [0.15, 0.2) is 0 Å². The SMILES string of the molecule is CCC(C)N(CC(=O)O)S(=O)(=O)c1ccc(C#N)s1. The molecule has 0 aliphatic rings. The van der Waals surface area contributed by atoms with Crippen LogP contribution in [0.2, 0.25) is 0 Å². The standard InChI is InChI=1S/C11H14N2O4S2/c1-3-8(2)13(7-10(14)15)19(16,17)11-5-4-9(6-12)18-11/h4-5,8H,3,7H2,1-2H3,(H,14,15). The van der Waals surface area contributed by atoms with Crippen LogP contribution < -0.4 is 0 Å². The van der Waals surface area contributed by atoms with E-state index in [2.05, 4.69) is 0 Å². The summed E-state index contributed by atoms with van der Waals surface area (Å²) in [6.45, 7) is 2.85. The molecule has 1 atom stereocenters. The molecule has 0 aliphatic carbocycles. The number of hydrogen-bond acceptors (Lipinski definition) is 5. The number of rotatable bonds is 6. The smallest absolute Gasteiger partial charge is 0.318 e. The number of carbonyl (C=O) groups is 1. The van der Waals surface area contributed by atoms with Gasteiger partial charge in [-0.2, -0.15) is 9.57 Å². The van der Waals surface area contributed by atoms with E-state index in [1.807, 2.05) is 6.07 Å². The van der Waals surface area contributed by atoms with Crippen LogP contribution in [-0.4, -0.2) is 36.4 Å². The minimum atomic E-state index is -3.88. The molecule has 19 heavy (non-hydrogen) atoms. The molecule has 1 aromatic rings. The van der Waals surface area contributed by atoms with E-state index in [0.717, 1.165) is 15.6 Å². The zero-order chi connectivity index (χ0) is 14.6. The van der Waals surface area contributed by atoms with Gasteiger partial charge < -0.3 is 5.11 Å². The highest BCUT2D eigenvalue weighted by Gasteiger charge is 2.31. The molecular weight excluding hydrogens is 288 g/mol. The van der Waals surface area contributed by atoms with Crippen molar-refractivity contribution in [3.63, 3.8) is 0 Å². The molecule has 0 radical (unpaired) electrons. The van der Waals surface area contributed by atoms with Crippen LogP contribution in [0, 0.1) is 11.3 Å². The summed E-state index contributed by atoms with van der Waals surface area (Å²) in [6, 6.07) is 4.18. The molecule has 0 saturated carbocycles. The molecule has 6 nitrogen and oxygen atoms in total. The number of aliphatic carboxylic acids is 1. The first kappa shape index (κ1) is 15.6. The van der Waals surface area contributed by atoms with E-state index < -0.39 is 28.6 Å². The van der Waals surface area contributed by atoms with Crippen molar-refractivity contribution in [1.29, 1.82) is 5.26 Å². The fraction of sp³-hybridized carbons (Fsp3) is 0.455. The molecule has 0 bridgehead atoms. The lowest BCUT2D eigenvalue weighted by Crippen LogP contribution is -2.41. The Kier molecular flexibility index (Phi) is 5.05. The van der Waals surface area contributed by atoms with Crippen LogP contribution in [0.4, 0.5) is 0 Å². The summed E-state index contributed by atoms with van der Waals surface area (Å²) in [7, 11) is -3.88. The second kappa shape index (κ2) is 6.14. The Morgan fingerprint density at radius 1 is 1.58 bits per heavy atom. The Hall–Kier alpha value is -1.43. The van der Waals surface area contributed by atoms with Crippen LogP contribution in [0.3, 0.4) is 0 Å². The molecule has 0 amide bonds. The average Bonchev–Trinajstić information content (AvgIpc) is 2.84. The highest BCUT2D eigenvalue weighted by molar-refractivity contribution is 7.91. The second-order valence-electron chi connectivity index (χ2n) is 3.93. The van der Waals surface area contributed by atoms with Crippen molar-refractivity contribution >= 4 is 27.3 Å². The maximum Gasteiger partial charge on any atom is 0.318 e. The zero-order valence-electron chi connectivity index (χ0n) is 10.5. The molecule has 1 heterocycles. The Morgan fingerprint density at radius 2 is 2.21 bits per heavy atom. The van der Waals surface area contributed by atoms with Crippen molar-refractivity contribution < 1.29 is 18.3 Å². The molecule has 1 N–H and O–H groups in total. The van der Waals surface area contributed by atoms with Crippen LogP contribution in [-0.2, 0) is 14.8 Å². The lowest BCUT2D eigenvalue weighted by Gasteiger charge is -2.25. The van der Waals surface area contributed by atoms with E-state index in [4.69, 9.17) is 10.4 Å². The highest BCUT2D eigenvalue weighted by Crippen LogP contribution is 2.26. The molecule has 1 rings (SSSR count). The normalized spacial score (nSPS) is 13.2. The summed E-state index contributed by atoms with van der Waals surface area (Å²) < 4.78 is 25.7. The van der Waals surface area contributed by atoms with E-state index in [1.54, 1.807) is 13.8 Å². The third kappa shape index (κ3) is 3.53. The van der Waals surface area contributed by atoms with Crippen molar-refractivity contribution in [2.45, 2.75) is 30.5 Å². The molecule has 104 valence electrons. The van der Waals surface area contributed by atoms with Crippen molar-refractivity contribution in [3.05, 3.63) is 17.0 Å². The van der Waals surface area contributed by atoms with Crippen LogP contribution in [0.25, 0.3) is 0 Å². The number of thiophene rings is 1. The monoisotopic (exact) mass is 302 g/mol. The third-order valence-electron chi connectivity index (χ3n) is 2.63. The maximum absolute atomic E-state index is 12.4. The molecule has 1 aromatic heterocycles. The van der Waals surface area contributed by atoms with Crippen LogP contribution in [0.5, 0.6) is 0 Å². The predicted molar refractivity (Wildman–Crippen MR) is 70.3 cm³/mol. The molecular formula is C11H14N2O4S2. The Balaban J connectivity index is 3.19. The van der Waals surface area contributed by atoms with Crippen molar-refractivity contribution in [2.75, 3.05) is 6.54 Å². The first-order valence-corrected chi connectivity index (χ1v) is 7.82. The number of nitriles is 1. The first-order chi connectivity index (χ1) is 8.82. The first-order valence-electron chi connectivity index (χ1n) is 5.56. The van der Waals surface area contributed by atoms with E-state index in [-0.39, 0.29) is 9.09 Å². The maximum atomic E-state index is 12.4. The number of carboxylic acids is 1. The molecule has 8 heteroatoms. The summed E-state index contributed by atoms with van der Waals surface area (Å²) >= 11 is 0.839. The minimum absolute atomic E-state index is 0.00870. The van der Waals surface area contributed by atoms with Crippen LogP contribution in [0.1, 0.15) is 25.1 Å². The summed E-state index contributed by atoms with van der Waals surface area (Å²) in [6.07, 6.45) is 0.503. The Labute approximate surface area is 115 Å². The van der Waals surface area contributed by atoms with Gasteiger partial charge in [0.2, 0.25) is 0 Å². The van der Waals surface area contributed by atoms with Gasteiger partial charge in [-0.05, 0) is 25.5 Å². The van der Waals surface area contributed by atoms with Gasteiger partial charge in [-0.3, -0.25) is 4.79 Å². The Bertz CT molecular complexity index is 600. The minimum Gasteiger partial charge on any atom is -0.480 e. The summed E-state index contributed by atoms with van der Waals surface area (Å²) in [5, 5.41) is 17.5. The third-order valence-corrected chi connectivity index (χ3v) is 6.05. The molecule has 0 fully saturated rings. The van der Waals surface area contributed by atoms with E-state index in [0.29, 0.717) is 6.42 Å². The van der Waals surface area contributed by atoms with E-state index in [1.165, 1.54) is 12.1 Å². The molecule has 1 unspecified atom stereocenters. The highest BCUT2D eigenvalue weighted by atomic mass is 32.2. The lowest BCUT2D eigenvalue weighted by atomic mass is 10.2. The van der Waals surface area contributed by atoms with Gasteiger partial charge in [-0.25, -0.2) is 8.42 Å². The van der Waals surface area contributed by atoms with Crippen molar-refractivity contribution in [2.24, 2.45) is 0 Å². The van der Waals surface area contributed by atoms with Crippen molar-refractivity contribution in [1.82, 2.24) is 4.31 Å². The summed E-state index contributed by atoms with van der Waals surface area (Å²) in [5.74, 6) is -1.21. The quantitative estimate of drug-likeness (QED) is 0.858. The van der Waals surface area contributed by atoms with Gasteiger partial charge in [0.1, 0.15) is 21.7 Å². The fourth-order valence-electron chi connectivity index (χ4n) is 1.45. The van der Waals surface area contributed by atoms with Gasteiger partial charge in [0.05, 0.1) is 0 Å². The number of nitrogens with zero attached hydrogens (tertiary/aromatic N) is 2.